The predicted octanol–water partition coefficient (Wildman–Crippen LogP) is 1.03. The molecule has 0 spiro atoms. The number of primary amides is 1. The molecule has 0 aliphatic carbocycles. The van der Waals surface area contributed by atoms with E-state index in [9.17, 15) is 24.0 Å². The number of hydrogen-bond acceptors (Lipinski definition) is 5. The van der Waals surface area contributed by atoms with Crippen LogP contribution in [0.15, 0.2) is 24.3 Å². The van der Waals surface area contributed by atoms with E-state index >= 15 is 0 Å². The molecule has 2 atom stereocenters. The van der Waals surface area contributed by atoms with E-state index in [1.807, 2.05) is 9.80 Å². The molecule has 9 nitrogen and oxygen atoms in total. The lowest BCUT2D eigenvalue weighted by atomic mass is 9.84. The van der Waals surface area contributed by atoms with Gasteiger partial charge in [0, 0.05) is 63.1 Å². The second-order valence-corrected chi connectivity index (χ2v) is 9.18. The van der Waals surface area contributed by atoms with E-state index in [-0.39, 0.29) is 49.4 Å². The van der Waals surface area contributed by atoms with Gasteiger partial charge < -0.3 is 15.5 Å². The minimum absolute atomic E-state index is 0.0305. The third kappa shape index (κ3) is 5.07. The summed E-state index contributed by atoms with van der Waals surface area (Å²) in [6.07, 6.45) is 3.43. The predicted molar refractivity (Wildman–Crippen MR) is 119 cm³/mol. The minimum Gasteiger partial charge on any atom is -0.366 e. The van der Waals surface area contributed by atoms with E-state index in [0.717, 1.165) is 19.3 Å². The monoisotopic (exact) mass is 454 g/mol. The molecular weight excluding hydrogens is 424 g/mol. The smallest absolute Gasteiger partial charge is 0.253 e. The SMILES string of the molecule is NC(=O)c1cccc(C(=O)N2CCCC(C3CCN(C(=O)CCN4C(=O)CCC4=O)C3)C2)c1. The van der Waals surface area contributed by atoms with Crippen molar-refractivity contribution in [1.82, 2.24) is 14.7 Å². The van der Waals surface area contributed by atoms with Gasteiger partial charge in [0.15, 0.2) is 0 Å². The molecule has 9 heteroatoms. The second-order valence-electron chi connectivity index (χ2n) is 9.18. The number of rotatable bonds is 6. The Balaban J connectivity index is 1.31. The standard InChI is InChI=1S/C24H30N4O5/c25-23(32)16-3-1-4-17(13-16)24(33)27-10-2-5-18(15-27)19-8-11-26(14-19)20(29)9-12-28-21(30)6-7-22(28)31/h1,3-4,13,18-19H,2,5-12,14-15H2,(H2,25,32). The highest BCUT2D eigenvalue weighted by Crippen LogP contribution is 2.32. The van der Waals surface area contributed by atoms with Gasteiger partial charge in [-0.25, -0.2) is 0 Å². The maximum atomic E-state index is 13.0. The van der Waals surface area contributed by atoms with Crippen molar-refractivity contribution in [3.05, 3.63) is 35.4 Å². The first-order valence-electron chi connectivity index (χ1n) is 11.6. The summed E-state index contributed by atoms with van der Waals surface area (Å²) < 4.78 is 0. The van der Waals surface area contributed by atoms with Crippen LogP contribution >= 0.6 is 0 Å². The summed E-state index contributed by atoms with van der Waals surface area (Å²) in [5, 5.41) is 0. The average Bonchev–Trinajstić information content (AvgIpc) is 3.44. The van der Waals surface area contributed by atoms with Crippen LogP contribution in [0.1, 0.15) is 59.2 Å². The van der Waals surface area contributed by atoms with Crippen molar-refractivity contribution in [2.75, 3.05) is 32.7 Å². The van der Waals surface area contributed by atoms with Crippen LogP contribution in [0, 0.1) is 11.8 Å². The first kappa shape index (κ1) is 22.9. The topological polar surface area (TPSA) is 121 Å². The Morgan fingerprint density at radius 3 is 2.30 bits per heavy atom. The molecule has 3 saturated heterocycles. The minimum atomic E-state index is -0.560. The van der Waals surface area contributed by atoms with Crippen LogP contribution in [0.3, 0.4) is 0 Å². The van der Waals surface area contributed by atoms with Gasteiger partial charge in [-0.3, -0.25) is 28.9 Å². The van der Waals surface area contributed by atoms with E-state index in [1.54, 1.807) is 24.3 Å². The molecule has 0 aromatic heterocycles. The second kappa shape index (κ2) is 9.72. The number of nitrogens with two attached hydrogens (primary N) is 1. The van der Waals surface area contributed by atoms with Crippen molar-refractivity contribution in [3.8, 4) is 0 Å². The number of carbonyl (C=O) groups excluding carboxylic acids is 5. The van der Waals surface area contributed by atoms with Crippen LogP contribution in [0.25, 0.3) is 0 Å². The molecule has 3 aliphatic heterocycles. The lowest BCUT2D eigenvalue weighted by molar-refractivity contribution is -0.139. The number of hydrogen-bond donors (Lipinski definition) is 1. The molecule has 5 amide bonds. The van der Waals surface area contributed by atoms with Crippen LogP contribution in [0.4, 0.5) is 0 Å². The van der Waals surface area contributed by atoms with Gasteiger partial charge in [-0.05, 0) is 49.3 Å². The molecule has 0 saturated carbocycles. The van der Waals surface area contributed by atoms with Crippen LogP contribution in [-0.2, 0) is 14.4 Å². The van der Waals surface area contributed by atoms with Crippen molar-refractivity contribution in [2.45, 2.75) is 38.5 Å². The zero-order valence-corrected chi connectivity index (χ0v) is 18.7. The Morgan fingerprint density at radius 2 is 1.58 bits per heavy atom. The van der Waals surface area contributed by atoms with Gasteiger partial charge in [0.25, 0.3) is 5.91 Å². The molecule has 33 heavy (non-hydrogen) atoms. The molecule has 3 fully saturated rings. The Labute approximate surface area is 192 Å². The van der Waals surface area contributed by atoms with Gasteiger partial charge in [0.2, 0.25) is 23.6 Å². The Bertz CT molecular complexity index is 961. The third-order valence-corrected chi connectivity index (χ3v) is 7.09. The van der Waals surface area contributed by atoms with Gasteiger partial charge in [0.05, 0.1) is 0 Å². The molecule has 3 heterocycles. The van der Waals surface area contributed by atoms with E-state index in [1.165, 1.54) is 4.90 Å². The van der Waals surface area contributed by atoms with Crippen LogP contribution < -0.4 is 5.73 Å². The van der Waals surface area contributed by atoms with Gasteiger partial charge >= 0.3 is 0 Å². The number of carbonyl (C=O) groups is 5. The van der Waals surface area contributed by atoms with Crippen LogP contribution in [-0.4, -0.2) is 77.0 Å². The molecule has 1 aromatic rings. The largest absolute Gasteiger partial charge is 0.366 e. The van der Waals surface area contributed by atoms with Crippen LogP contribution in [0.5, 0.6) is 0 Å². The number of benzene rings is 1. The number of nitrogens with zero attached hydrogens (tertiary/aromatic N) is 3. The Morgan fingerprint density at radius 1 is 0.909 bits per heavy atom. The molecule has 2 unspecified atom stereocenters. The highest BCUT2D eigenvalue weighted by molar-refractivity contribution is 6.02. The molecule has 3 aliphatic rings. The van der Waals surface area contributed by atoms with E-state index in [4.69, 9.17) is 5.73 Å². The summed E-state index contributed by atoms with van der Waals surface area (Å²) >= 11 is 0. The highest BCUT2D eigenvalue weighted by Gasteiger charge is 2.36. The van der Waals surface area contributed by atoms with Crippen molar-refractivity contribution in [1.29, 1.82) is 0 Å². The Kier molecular flexibility index (Phi) is 6.76. The number of amides is 5. The van der Waals surface area contributed by atoms with Gasteiger partial charge in [-0.1, -0.05) is 6.07 Å². The fourth-order valence-corrected chi connectivity index (χ4v) is 5.20. The number of likely N-dealkylation sites (tertiary alicyclic amines) is 3. The molecule has 0 bridgehead atoms. The quantitative estimate of drug-likeness (QED) is 0.644. The number of piperidine rings is 1. The van der Waals surface area contributed by atoms with E-state index < -0.39 is 5.91 Å². The zero-order valence-electron chi connectivity index (χ0n) is 18.7. The van der Waals surface area contributed by atoms with Gasteiger partial charge in [0.1, 0.15) is 0 Å². The maximum absolute atomic E-state index is 13.0. The first-order chi connectivity index (χ1) is 15.8. The molecule has 0 radical (unpaired) electrons. The molecule has 1 aromatic carbocycles. The van der Waals surface area contributed by atoms with E-state index in [2.05, 4.69) is 0 Å². The van der Waals surface area contributed by atoms with Gasteiger partial charge in [-0.15, -0.1) is 0 Å². The van der Waals surface area contributed by atoms with Crippen molar-refractivity contribution in [3.63, 3.8) is 0 Å². The van der Waals surface area contributed by atoms with Crippen molar-refractivity contribution >= 4 is 29.5 Å². The maximum Gasteiger partial charge on any atom is 0.253 e. The third-order valence-electron chi connectivity index (χ3n) is 7.09. The van der Waals surface area contributed by atoms with Crippen LogP contribution in [0.2, 0.25) is 0 Å². The Hall–Kier alpha value is -3.23. The summed E-state index contributed by atoms with van der Waals surface area (Å²) in [7, 11) is 0. The van der Waals surface area contributed by atoms with Crippen molar-refractivity contribution < 1.29 is 24.0 Å². The summed E-state index contributed by atoms with van der Waals surface area (Å²) in [5.74, 6) is -0.458. The van der Waals surface area contributed by atoms with Crippen molar-refractivity contribution in [2.24, 2.45) is 17.6 Å². The molecule has 2 N–H and O–H groups in total. The number of imide groups is 1. The fraction of sp³-hybridized carbons (Fsp3) is 0.542. The molecule has 4 rings (SSSR count). The van der Waals surface area contributed by atoms with Gasteiger partial charge in [-0.2, -0.15) is 0 Å². The average molecular weight is 455 g/mol. The first-order valence-corrected chi connectivity index (χ1v) is 11.6. The summed E-state index contributed by atoms with van der Waals surface area (Å²) in [5.41, 5.74) is 6.12. The molecule has 176 valence electrons. The lowest BCUT2D eigenvalue weighted by Gasteiger charge is -2.36. The summed E-state index contributed by atoms with van der Waals surface area (Å²) in [4.78, 5) is 65.5. The summed E-state index contributed by atoms with van der Waals surface area (Å²) in [6, 6.07) is 6.50. The molecular formula is C24H30N4O5. The fourth-order valence-electron chi connectivity index (χ4n) is 5.20. The zero-order chi connectivity index (χ0) is 23.5. The summed E-state index contributed by atoms with van der Waals surface area (Å²) in [6.45, 7) is 2.77. The lowest BCUT2D eigenvalue weighted by Crippen LogP contribution is -2.43. The highest BCUT2D eigenvalue weighted by atomic mass is 16.2. The van der Waals surface area contributed by atoms with E-state index in [0.29, 0.717) is 49.1 Å². The normalized spacial score (nSPS) is 23.3.